The molecular formula is C24H32N4O3. The van der Waals surface area contributed by atoms with Crippen molar-refractivity contribution in [2.24, 2.45) is 5.10 Å². The van der Waals surface area contributed by atoms with Crippen molar-refractivity contribution in [2.45, 2.75) is 26.4 Å². The number of carbonyl (C=O) groups excluding carboxylic acids is 1. The van der Waals surface area contributed by atoms with E-state index in [1.165, 1.54) is 0 Å². The molecule has 1 heterocycles. The second kappa shape index (κ2) is 10.8. The fourth-order valence-corrected chi connectivity index (χ4v) is 3.12. The van der Waals surface area contributed by atoms with Crippen molar-refractivity contribution in [3.8, 4) is 5.75 Å². The van der Waals surface area contributed by atoms with Crippen molar-refractivity contribution in [1.82, 2.24) is 9.80 Å². The first kappa shape index (κ1) is 22.6. The fraction of sp³-hybridized carbons (Fsp3) is 0.417. The highest BCUT2D eigenvalue weighted by atomic mass is 16.6. The highest BCUT2D eigenvalue weighted by molar-refractivity contribution is 5.80. The topological polar surface area (TPSA) is 66.4 Å². The molecule has 0 bridgehead atoms. The number of hydrogen-bond donors (Lipinski definition) is 1. The number of nitrogens with zero attached hydrogens (tertiary/aromatic N) is 3. The molecule has 3 rings (SSSR count). The summed E-state index contributed by atoms with van der Waals surface area (Å²) in [7, 11) is 0. The van der Waals surface area contributed by atoms with Crippen LogP contribution in [0, 0.1) is 0 Å². The Hall–Kier alpha value is -3.06. The maximum atomic E-state index is 12.1. The zero-order valence-corrected chi connectivity index (χ0v) is 18.6. The van der Waals surface area contributed by atoms with Crippen LogP contribution in [0.5, 0.6) is 5.75 Å². The smallest absolute Gasteiger partial charge is 0.410 e. The summed E-state index contributed by atoms with van der Waals surface area (Å²) in [4.78, 5) is 16.2. The van der Waals surface area contributed by atoms with Crippen molar-refractivity contribution in [1.29, 1.82) is 0 Å². The lowest BCUT2D eigenvalue weighted by molar-refractivity contribution is 0.0137. The molecule has 31 heavy (non-hydrogen) atoms. The largest absolute Gasteiger partial charge is 0.492 e. The maximum Gasteiger partial charge on any atom is 0.410 e. The normalized spacial score (nSPS) is 15.1. The third kappa shape index (κ3) is 7.94. The number of anilines is 1. The van der Waals surface area contributed by atoms with Gasteiger partial charge >= 0.3 is 6.09 Å². The van der Waals surface area contributed by atoms with Gasteiger partial charge in [0.1, 0.15) is 18.0 Å². The van der Waals surface area contributed by atoms with E-state index in [0.29, 0.717) is 19.7 Å². The number of para-hydroxylation sites is 1. The summed E-state index contributed by atoms with van der Waals surface area (Å²) in [6, 6.07) is 17.7. The Bertz CT molecular complexity index is 839. The quantitative estimate of drug-likeness (QED) is 0.536. The number of hydrazone groups is 1. The molecule has 2 aromatic carbocycles. The van der Waals surface area contributed by atoms with Crippen molar-refractivity contribution in [3.63, 3.8) is 0 Å². The second-order valence-corrected chi connectivity index (χ2v) is 8.46. The average molecular weight is 425 g/mol. The molecule has 166 valence electrons. The maximum absolute atomic E-state index is 12.1. The number of benzene rings is 2. The number of nitrogens with one attached hydrogen (secondary N) is 1. The van der Waals surface area contributed by atoms with Crippen LogP contribution in [0.4, 0.5) is 10.5 Å². The van der Waals surface area contributed by atoms with Gasteiger partial charge < -0.3 is 14.4 Å². The lowest BCUT2D eigenvalue weighted by Crippen LogP contribution is -2.50. The minimum atomic E-state index is -0.456. The average Bonchev–Trinajstić information content (AvgIpc) is 2.75. The zero-order chi connectivity index (χ0) is 22.1. The molecule has 1 aliphatic heterocycles. The van der Waals surface area contributed by atoms with Crippen molar-refractivity contribution >= 4 is 18.0 Å². The Labute approximate surface area is 184 Å². The van der Waals surface area contributed by atoms with Gasteiger partial charge in [-0.2, -0.15) is 5.10 Å². The van der Waals surface area contributed by atoms with Crippen molar-refractivity contribution in [2.75, 3.05) is 44.8 Å². The Morgan fingerprint density at radius 2 is 1.71 bits per heavy atom. The van der Waals surface area contributed by atoms with Crippen LogP contribution in [0.25, 0.3) is 0 Å². The summed E-state index contributed by atoms with van der Waals surface area (Å²) in [5.41, 5.74) is 4.49. The van der Waals surface area contributed by atoms with E-state index in [1.54, 1.807) is 11.1 Å². The molecule has 0 atom stereocenters. The lowest BCUT2D eigenvalue weighted by Gasteiger charge is -2.35. The van der Waals surface area contributed by atoms with E-state index in [9.17, 15) is 4.79 Å². The number of hydrogen-bond acceptors (Lipinski definition) is 6. The van der Waals surface area contributed by atoms with Crippen LogP contribution in [-0.4, -0.2) is 67.0 Å². The minimum Gasteiger partial charge on any atom is -0.492 e. The Morgan fingerprint density at radius 3 is 2.35 bits per heavy atom. The van der Waals surface area contributed by atoms with Crippen LogP contribution in [0.3, 0.4) is 0 Å². The third-order valence-electron chi connectivity index (χ3n) is 4.76. The molecule has 1 N–H and O–H groups in total. The van der Waals surface area contributed by atoms with E-state index in [0.717, 1.165) is 36.6 Å². The Balaban J connectivity index is 1.34. The molecule has 0 unspecified atom stereocenters. The molecule has 0 radical (unpaired) electrons. The molecule has 0 aliphatic carbocycles. The molecule has 0 aromatic heterocycles. The van der Waals surface area contributed by atoms with Crippen LogP contribution < -0.4 is 10.2 Å². The van der Waals surface area contributed by atoms with Crippen LogP contribution in [0.2, 0.25) is 0 Å². The first-order valence-electron chi connectivity index (χ1n) is 10.7. The van der Waals surface area contributed by atoms with Gasteiger partial charge in [0, 0.05) is 32.7 Å². The van der Waals surface area contributed by atoms with Crippen LogP contribution in [0.1, 0.15) is 26.3 Å². The van der Waals surface area contributed by atoms with E-state index >= 15 is 0 Å². The number of amides is 1. The molecule has 1 amide bonds. The van der Waals surface area contributed by atoms with E-state index in [4.69, 9.17) is 9.47 Å². The fourth-order valence-electron chi connectivity index (χ4n) is 3.12. The molecule has 0 spiro atoms. The summed E-state index contributed by atoms with van der Waals surface area (Å²) >= 11 is 0. The summed E-state index contributed by atoms with van der Waals surface area (Å²) in [6.45, 7) is 10.1. The zero-order valence-electron chi connectivity index (χ0n) is 18.6. The van der Waals surface area contributed by atoms with Gasteiger partial charge in [-0.15, -0.1) is 0 Å². The number of ether oxygens (including phenoxy) is 2. The third-order valence-corrected chi connectivity index (χ3v) is 4.76. The summed E-state index contributed by atoms with van der Waals surface area (Å²) in [5.74, 6) is 0.834. The molecule has 1 saturated heterocycles. The molecule has 1 aliphatic rings. The van der Waals surface area contributed by atoms with E-state index in [1.807, 2.05) is 75.4 Å². The predicted molar refractivity (Wildman–Crippen MR) is 124 cm³/mol. The standard InChI is InChI=1S/C24H32N4O3/c1-24(2,3)31-23(29)28-15-13-27(14-16-28)17-18-30-22-11-9-20(10-12-22)19-25-26-21-7-5-4-6-8-21/h4-12,19,26H,13-18H2,1-3H3. The molecule has 0 saturated carbocycles. The Kier molecular flexibility index (Phi) is 7.89. The summed E-state index contributed by atoms with van der Waals surface area (Å²) in [6.07, 6.45) is 1.55. The predicted octanol–water partition coefficient (Wildman–Crippen LogP) is 4.06. The van der Waals surface area contributed by atoms with E-state index < -0.39 is 5.60 Å². The van der Waals surface area contributed by atoms with Gasteiger partial charge in [-0.25, -0.2) is 4.79 Å². The Morgan fingerprint density at radius 1 is 1.03 bits per heavy atom. The number of carbonyl (C=O) groups is 1. The van der Waals surface area contributed by atoms with E-state index in [-0.39, 0.29) is 6.09 Å². The number of piperazine rings is 1. The monoisotopic (exact) mass is 424 g/mol. The molecular weight excluding hydrogens is 392 g/mol. The first-order chi connectivity index (χ1) is 14.9. The van der Waals surface area contributed by atoms with Gasteiger partial charge in [0.2, 0.25) is 0 Å². The molecule has 1 fully saturated rings. The van der Waals surface area contributed by atoms with Crippen LogP contribution in [0.15, 0.2) is 59.7 Å². The van der Waals surface area contributed by atoms with Gasteiger partial charge in [-0.1, -0.05) is 18.2 Å². The van der Waals surface area contributed by atoms with Gasteiger partial charge in [-0.05, 0) is 62.7 Å². The van der Waals surface area contributed by atoms with Gasteiger partial charge in [0.25, 0.3) is 0 Å². The van der Waals surface area contributed by atoms with E-state index in [2.05, 4.69) is 15.4 Å². The van der Waals surface area contributed by atoms with Gasteiger partial charge in [0.05, 0.1) is 11.9 Å². The molecule has 7 nitrogen and oxygen atoms in total. The van der Waals surface area contributed by atoms with Crippen LogP contribution >= 0.6 is 0 Å². The SMILES string of the molecule is CC(C)(C)OC(=O)N1CCN(CCOc2ccc(C=NNc3ccccc3)cc2)CC1. The first-order valence-corrected chi connectivity index (χ1v) is 10.7. The van der Waals surface area contributed by atoms with Crippen molar-refractivity contribution < 1.29 is 14.3 Å². The summed E-state index contributed by atoms with van der Waals surface area (Å²) in [5, 5.41) is 4.24. The van der Waals surface area contributed by atoms with Gasteiger partial charge in [-0.3, -0.25) is 10.3 Å². The van der Waals surface area contributed by atoms with Gasteiger partial charge in [0.15, 0.2) is 0 Å². The molecule has 2 aromatic rings. The minimum absolute atomic E-state index is 0.231. The van der Waals surface area contributed by atoms with Crippen molar-refractivity contribution in [3.05, 3.63) is 60.2 Å². The highest BCUT2D eigenvalue weighted by Crippen LogP contribution is 2.13. The second-order valence-electron chi connectivity index (χ2n) is 8.46. The molecule has 7 heteroatoms. The summed E-state index contributed by atoms with van der Waals surface area (Å²) < 4.78 is 11.3. The van der Waals surface area contributed by atoms with Crippen LogP contribution in [-0.2, 0) is 4.74 Å². The highest BCUT2D eigenvalue weighted by Gasteiger charge is 2.25. The lowest BCUT2D eigenvalue weighted by atomic mass is 10.2. The number of rotatable bonds is 7.